The molecule has 4 aromatic rings. The van der Waals surface area contributed by atoms with E-state index in [0.29, 0.717) is 46.4 Å². The fourth-order valence-corrected chi connectivity index (χ4v) is 4.71. The van der Waals surface area contributed by atoms with Crippen molar-refractivity contribution in [3.63, 3.8) is 0 Å². The number of phenols is 1. The number of fused-ring (bicyclic) bond motifs is 1. The van der Waals surface area contributed by atoms with Crippen molar-refractivity contribution in [2.45, 2.75) is 12.5 Å². The first-order chi connectivity index (χ1) is 17.0. The molecule has 1 aromatic heterocycles. The number of para-hydroxylation sites is 1. The number of halogens is 1. The number of nitrogens with zero attached hydrogens (tertiary/aromatic N) is 2. The lowest BCUT2D eigenvalue weighted by Crippen LogP contribution is -2.31. The highest BCUT2D eigenvalue weighted by atomic mass is 35.5. The molecular formula is C27H24ClN3O4. The molecule has 3 aromatic carbocycles. The highest BCUT2D eigenvalue weighted by Crippen LogP contribution is 2.44. The Kier molecular flexibility index (Phi) is 6.09. The smallest absolute Gasteiger partial charge is 0.273 e. The van der Waals surface area contributed by atoms with Crippen molar-refractivity contribution in [3.05, 3.63) is 94.1 Å². The SMILES string of the molecule is COc1ccc(CCN2C(=O)c3[nH]nc(-c4ccccc4O)c3[C@@H]2c2ccc(Cl)cc2)cc1OC. The summed E-state index contributed by atoms with van der Waals surface area (Å²) in [6.45, 7) is 0.463. The van der Waals surface area contributed by atoms with E-state index >= 15 is 0 Å². The highest BCUT2D eigenvalue weighted by Gasteiger charge is 2.42. The zero-order chi connectivity index (χ0) is 24.5. The van der Waals surface area contributed by atoms with E-state index in [2.05, 4.69) is 10.2 Å². The number of amides is 1. The summed E-state index contributed by atoms with van der Waals surface area (Å²) in [5.41, 5.74) is 4.21. The van der Waals surface area contributed by atoms with Crippen LogP contribution in [-0.4, -0.2) is 46.9 Å². The molecule has 35 heavy (non-hydrogen) atoms. The molecule has 8 heteroatoms. The number of carbonyl (C=O) groups is 1. The highest BCUT2D eigenvalue weighted by molar-refractivity contribution is 6.30. The second-order valence-electron chi connectivity index (χ2n) is 8.27. The molecule has 1 amide bonds. The molecule has 7 nitrogen and oxygen atoms in total. The van der Waals surface area contributed by atoms with E-state index in [4.69, 9.17) is 21.1 Å². The molecule has 1 aliphatic rings. The monoisotopic (exact) mass is 489 g/mol. The molecule has 0 bridgehead atoms. The maximum Gasteiger partial charge on any atom is 0.273 e. The van der Waals surface area contributed by atoms with Crippen LogP contribution in [0.25, 0.3) is 11.3 Å². The first-order valence-corrected chi connectivity index (χ1v) is 11.5. The summed E-state index contributed by atoms with van der Waals surface area (Å²) in [5.74, 6) is 1.26. The van der Waals surface area contributed by atoms with E-state index < -0.39 is 0 Å². The summed E-state index contributed by atoms with van der Waals surface area (Å²) in [7, 11) is 3.20. The number of H-pyrrole nitrogens is 1. The third-order valence-electron chi connectivity index (χ3n) is 6.30. The van der Waals surface area contributed by atoms with Gasteiger partial charge in [-0.25, -0.2) is 0 Å². The number of hydrogen-bond donors (Lipinski definition) is 2. The van der Waals surface area contributed by atoms with Gasteiger partial charge >= 0.3 is 0 Å². The maximum atomic E-state index is 13.5. The molecule has 0 fully saturated rings. The largest absolute Gasteiger partial charge is 0.507 e. The van der Waals surface area contributed by atoms with Gasteiger partial charge in [0, 0.05) is 22.7 Å². The number of methoxy groups -OCH3 is 2. The van der Waals surface area contributed by atoms with Crippen LogP contribution in [-0.2, 0) is 6.42 Å². The number of aromatic nitrogens is 2. The number of carbonyl (C=O) groups excluding carboxylic acids is 1. The average molecular weight is 490 g/mol. The van der Waals surface area contributed by atoms with Crippen LogP contribution in [0.3, 0.4) is 0 Å². The number of aromatic hydroxyl groups is 1. The summed E-state index contributed by atoms with van der Waals surface area (Å²) in [6, 6.07) is 19.8. The predicted molar refractivity (Wildman–Crippen MR) is 133 cm³/mol. The number of phenolic OH excluding ortho intramolecular Hbond substituents is 1. The molecule has 0 saturated heterocycles. The van der Waals surface area contributed by atoms with Gasteiger partial charge in [-0.3, -0.25) is 9.89 Å². The lowest BCUT2D eigenvalue weighted by atomic mass is 9.95. The fourth-order valence-electron chi connectivity index (χ4n) is 4.58. The van der Waals surface area contributed by atoms with Gasteiger partial charge in [-0.1, -0.05) is 41.9 Å². The number of benzene rings is 3. The summed E-state index contributed by atoms with van der Waals surface area (Å²) >= 11 is 6.15. The second-order valence-corrected chi connectivity index (χ2v) is 8.71. The summed E-state index contributed by atoms with van der Waals surface area (Å²) < 4.78 is 10.8. The van der Waals surface area contributed by atoms with Gasteiger partial charge in [-0.2, -0.15) is 5.10 Å². The van der Waals surface area contributed by atoms with Crippen LogP contribution in [0.15, 0.2) is 66.7 Å². The van der Waals surface area contributed by atoms with E-state index in [1.54, 1.807) is 32.4 Å². The average Bonchev–Trinajstić information content (AvgIpc) is 3.42. The van der Waals surface area contributed by atoms with Crippen LogP contribution in [0.1, 0.15) is 33.2 Å². The number of rotatable bonds is 7. The van der Waals surface area contributed by atoms with E-state index in [1.165, 1.54) is 0 Å². The quantitative estimate of drug-likeness (QED) is 0.370. The standard InChI is InChI=1S/C27H24ClN3O4/c1-34-21-12-7-16(15-22(21)35-2)13-14-31-26(17-8-10-18(28)11-9-17)23-24(29-30-25(23)27(31)33)19-5-3-4-6-20(19)32/h3-12,15,26,32H,13-14H2,1-2H3,(H,29,30)/t26-/m0/s1. The molecule has 2 heterocycles. The van der Waals surface area contributed by atoms with Crippen molar-refractivity contribution in [2.24, 2.45) is 0 Å². The molecule has 0 unspecified atom stereocenters. The number of ether oxygens (including phenoxy) is 2. The summed E-state index contributed by atoms with van der Waals surface area (Å²) in [6.07, 6.45) is 0.611. The molecule has 2 N–H and O–H groups in total. The lowest BCUT2D eigenvalue weighted by molar-refractivity contribution is 0.0746. The van der Waals surface area contributed by atoms with Crippen molar-refractivity contribution in [1.82, 2.24) is 15.1 Å². The van der Waals surface area contributed by atoms with E-state index in [9.17, 15) is 9.90 Å². The molecule has 0 radical (unpaired) electrons. The van der Waals surface area contributed by atoms with E-state index in [-0.39, 0.29) is 17.7 Å². The Bertz CT molecular complexity index is 1380. The summed E-state index contributed by atoms with van der Waals surface area (Å²) in [5, 5.41) is 18.4. The van der Waals surface area contributed by atoms with Crippen LogP contribution in [0.4, 0.5) is 0 Å². The van der Waals surface area contributed by atoms with E-state index in [0.717, 1.165) is 16.7 Å². The molecular weight excluding hydrogens is 466 g/mol. The zero-order valence-electron chi connectivity index (χ0n) is 19.3. The molecule has 0 saturated carbocycles. The molecule has 5 rings (SSSR count). The van der Waals surface area contributed by atoms with Gasteiger partial charge < -0.3 is 19.5 Å². The Hall–Kier alpha value is -3.97. The Labute approximate surface area is 207 Å². The minimum absolute atomic E-state index is 0.105. The second kappa shape index (κ2) is 9.35. The van der Waals surface area contributed by atoms with Crippen molar-refractivity contribution in [2.75, 3.05) is 20.8 Å². The van der Waals surface area contributed by atoms with Crippen molar-refractivity contribution >= 4 is 17.5 Å². The van der Waals surface area contributed by atoms with Gasteiger partial charge in [0.05, 0.1) is 20.3 Å². The van der Waals surface area contributed by atoms with Crippen molar-refractivity contribution < 1.29 is 19.4 Å². The normalized spacial score (nSPS) is 14.8. The van der Waals surface area contributed by atoms with Crippen LogP contribution >= 0.6 is 11.6 Å². The first kappa shape index (κ1) is 22.8. The maximum absolute atomic E-state index is 13.5. The van der Waals surface area contributed by atoms with Crippen LogP contribution in [0, 0.1) is 0 Å². The van der Waals surface area contributed by atoms with Crippen LogP contribution in [0.2, 0.25) is 5.02 Å². The van der Waals surface area contributed by atoms with E-state index in [1.807, 2.05) is 53.4 Å². The topological polar surface area (TPSA) is 87.7 Å². The van der Waals surface area contributed by atoms with Crippen LogP contribution < -0.4 is 9.47 Å². The minimum Gasteiger partial charge on any atom is -0.507 e. The van der Waals surface area contributed by atoms with Crippen LogP contribution in [0.5, 0.6) is 17.2 Å². The first-order valence-electron chi connectivity index (χ1n) is 11.2. The van der Waals surface area contributed by atoms with Gasteiger partial charge in [0.25, 0.3) is 5.91 Å². The van der Waals surface area contributed by atoms with Gasteiger partial charge in [0.15, 0.2) is 11.5 Å². The summed E-state index contributed by atoms with van der Waals surface area (Å²) in [4.78, 5) is 15.4. The third kappa shape index (κ3) is 4.08. The molecule has 178 valence electrons. The third-order valence-corrected chi connectivity index (χ3v) is 6.55. The van der Waals surface area contributed by atoms with Crippen molar-refractivity contribution in [3.8, 4) is 28.5 Å². The number of aromatic amines is 1. The molecule has 1 aliphatic heterocycles. The Balaban J connectivity index is 1.54. The van der Waals surface area contributed by atoms with Crippen molar-refractivity contribution in [1.29, 1.82) is 0 Å². The minimum atomic E-state index is -0.386. The number of nitrogens with one attached hydrogen (secondary N) is 1. The molecule has 0 spiro atoms. The number of hydrogen-bond acceptors (Lipinski definition) is 5. The Morgan fingerprint density at radius 3 is 2.49 bits per heavy atom. The van der Waals surface area contributed by atoms with Gasteiger partial charge in [-0.05, 0) is 53.9 Å². The van der Waals surface area contributed by atoms with Gasteiger partial charge in [0.2, 0.25) is 0 Å². The lowest BCUT2D eigenvalue weighted by Gasteiger charge is -2.26. The molecule has 0 aliphatic carbocycles. The predicted octanol–water partition coefficient (Wildman–Crippen LogP) is 5.24. The Morgan fingerprint density at radius 1 is 1.03 bits per heavy atom. The van der Waals surface area contributed by atoms with Gasteiger partial charge in [-0.15, -0.1) is 0 Å². The zero-order valence-corrected chi connectivity index (χ0v) is 20.0. The fraction of sp³-hybridized carbons (Fsp3) is 0.185. The van der Waals surface area contributed by atoms with Gasteiger partial charge in [0.1, 0.15) is 17.1 Å². The molecule has 1 atom stereocenters. The Morgan fingerprint density at radius 2 is 1.77 bits per heavy atom.